The summed E-state index contributed by atoms with van der Waals surface area (Å²) in [7, 11) is -0.337. The molecule has 0 saturated carbocycles. The van der Waals surface area contributed by atoms with Crippen molar-refractivity contribution in [3.8, 4) is 0 Å². The molecule has 24 heavy (non-hydrogen) atoms. The van der Waals surface area contributed by atoms with Crippen LogP contribution in [0, 0.1) is 6.92 Å². The summed E-state index contributed by atoms with van der Waals surface area (Å²) >= 11 is 1.56. The van der Waals surface area contributed by atoms with Gasteiger partial charge in [0.2, 0.25) is 10.0 Å². The summed E-state index contributed by atoms with van der Waals surface area (Å²) in [4.78, 5) is 8.16. The van der Waals surface area contributed by atoms with Crippen LogP contribution in [0.5, 0.6) is 0 Å². The van der Waals surface area contributed by atoms with E-state index in [1.165, 1.54) is 24.0 Å². The number of aryl methyl sites for hydroxylation is 1. The third-order valence-corrected chi connectivity index (χ3v) is 6.42. The van der Waals surface area contributed by atoms with Gasteiger partial charge >= 0.3 is 0 Å². The maximum atomic E-state index is 12.2. The Bertz CT molecular complexity index is 978. The summed E-state index contributed by atoms with van der Waals surface area (Å²) in [6.07, 6.45) is 0. The lowest BCUT2D eigenvalue weighted by Gasteiger charge is -2.12. The van der Waals surface area contributed by atoms with Crippen LogP contribution >= 0.6 is 11.8 Å². The van der Waals surface area contributed by atoms with Crippen LogP contribution in [0.2, 0.25) is 0 Å². The summed E-state index contributed by atoms with van der Waals surface area (Å²) in [5, 5.41) is 0.830. The minimum atomic E-state index is -3.41. The van der Waals surface area contributed by atoms with Crippen LogP contribution in [0.25, 0.3) is 11.0 Å². The van der Waals surface area contributed by atoms with E-state index in [0.717, 1.165) is 21.8 Å². The number of hydrogen-bond acceptors (Lipinski definition) is 4. The smallest absolute Gasteiger partial charge is 0.242 e. The fraction of sp³-hybridized carbons (Fsp3) is 0.235. The molecular weight excluding hydrogens is 342 g/mol. The molecule has 1 N–H and O–H groups in total. The van der Waals surface area contributed by atoms with Crippen LogP contribution in [0.3, 0.4) is 0 Å². The van der Waals surface area contributed by atoms with Crippen molar-refractivity contribution in [2.45, 2.75) is 22.7 Å². The highest BCUT2D eigenvalue weighted by atomic mass is 32.2. The number of benzene rings is 2. The standard InChI is InChI=1S/C17H19N3O2S2/c1-12-7-8-15-16(9-12)19-17(18-15)23-11-13-5-4-6-14(10-13)24(21,22)20(2)3/h4-10H,11H2,1-3H3,(H,18,19). The highest BCUT2D eigenvalue weighted by molar-refractivity contribution is 7.98. The average Bonchev–Trinajstić information content (AvgIpc) is 2.95. The number of fused-ring (bicyclic) bond motifs is 1. The largest absolute Gasteiger partial charge is 0.333 e. The topological polar surface area (TPSA) is 66.1 Å². The normalized spacial score (nSPS) is 12.2. The minimum Gasteiger partial charge on any atom is -0.333 e. The SMILES string of the molecule is Cc1ccc2nc(SCc3cccc(S(=O)(=O)N(C)C)c3)[nH]c2c1. The molecule has 0 radical (unpaired) electrons. The van der Waals surface area contributed by atoms with Crippen LogP contribution in [-0.2, 0) is 15.8 Å². The number of imidazole rings is 1. The van der Waals surface area contributed by atoms with Gasteiger partial charge in [-0.25, -0.2) is 17.7 Å². The predicted molar refractivity (Wildman–Crippen MR) is 97.7 cm³/mol. The first-order valence-electron chi connectivity index (χ1n) is 7.47. The molecule has 0 aliphatic rings. The van der Waals surface area contributed by atoms with Crippen molar-refractivity contribution in [2.75, 3.05) is 14.1 Å². The zero-order valence-corrected chi connectivity index (χ0v) is 15.4. The molecule has 0 unspecified atom stereocenters. The number of sulfonamides is 1. The minimum absolute atomic E-state index is 0.311. The number of rotatable bonds is 5. The Morgan fingerprint density at radius 2 is 1.96 bits per heavy atom. The van der Waals surface area contributed by atoms with Gasteiger partial charge < -0.3 is 4.98 Å². The van der Waals surface area contributed by atoms with E-state index in [4.69, 9.17) is 0 Å². The molecule has 0 spiro atoms. The molecule has 0 fully saturated rings. The van der Waals surface area contributed by atoms with E-state index in [1.54, 1.807) is 30.0 Å². The van der Waals surface area contributed by atoms with Crippen LogP contribution in [0.15, 0.2) is 52.5 Å². The molecular formula is C17H19N3O2S2. The molecule has 0 aliphatic carbocycles. The fourth-order valence-corrected chi connectivity index (χ4v) is 4.13. The molecule has 0 saturated heterocycles. The van der Waals surface area contributed by atoms with Crippen molar-refractivity contribution in [1.82, 2.24) is 14.3 Å². The van der Waals surface area contributed by atoms with Gasteiger partial charge in [0.15, 0.2) is 5.16 Å². The quantitative estimate of drug-likeness (QED) is 0.707. The van der Waals surface area contributed by atoms with E-state index in [0.29, 0.717) is 10.6 Å². The van der Waals surface area contributed by atoms with Gasteiger partial charge in [0.1, 0.15) is 0 Å². The molecule has 1 aromatic heterocycles. The highest BCUT2D eigenvalue weighted by Gasteiger charge is 2.17. The van der Waals surface area contributed by atoms with Crippen molar-refractivity contribution in [1.29, 1.82) is 0 Å². The van der Waals surface area contributed by atoms with Crippen molar-refractivity contribution >= 4 is 32.8 Å². The number of thioether (sulfide) groups is 1. The fourth-order valence-electron chi connectivity index (χ4n) is 2.33. The van der Waals surface area contributed by atoms with Crippen LogP contribution in [0.4, 0.5) is 0 Å². The first-order valence-corrected chi connectivity index (χ1v) is 9.89. The molecule has 0 aliphatic heterocycles. The Morgan fingerprint density at radius 1 is 1.17 bits per heavy atom. The monoisotopic (exact) mass is 361 g/mol. The zero-order valence-electron chi connectivity index (χ0n) is 13.8. The Kier molecular flexibility index (Phi) is 4.67. The molecule has 126 valence electrons. The Labute approximate surface area is 146 Å². The highest BCUT2D eigenvalue weighted by Crippen LogP contribution is 2.25. The summed E-state index contributed by atoms with van der Waals surface area (Å²) < 4.78 is 25.6. The number of aromatic nitrogens is 2. The Balaban J connectivity index is 1.79. The summed E-state index contributed by atoms with van der Waals surface area (Å²) in [6.45, 7) is 2.05. The van der Waals surface area contributed by atoms with Gasteiger partial charge in [0.05, 0.1) is 15.9 Å². The number of nitrogens with one attached hydrogen (secondary N) is 1. The van der Waals surface area contributed by atoms with E-state index in [-0.39, 0.29) is 0 Å². The summed E-state index contributed by atoms with van der Waals surface area (Å²) in [6, 6.07) is 13.1. The molecule has 0 atom stereocenters. The summed E-state index contributed by atoms with van der Waals surface area (Å²) in [5.74, 6) is 0.648. The van der Waals surface area contributed by atoms with Gasteiger partial charge in [0, 0.05) is 19.8 Å². The molecule has 5 nitrogen and oxygen atoms in total. The van der Waals surface area contributed by atoms with E-state index in [9.17, 15) is 8.42 Å². The lowest BCUT2D eigenvalue weighted by Crippen LogP contribution is -2.22. The van der Waals surface area contributed by atoms with Gasteiger partial charge in [-0.15, -0.1) is 0 Å². The molecule has 7 heteroatoms. The van der Waals surface area contributed by atoms with E-state index in [1.807, 2.05) is 25.1 Å². The van der Waals surface area contributed by atoms with Gasteiger partial charge in [-0.2, -0.15) is 0 Å². The summed E-state index contributed by atoms with van der Waals surface area (Å²) in [5.41, 5.74) is 4.08. The van der Waals surface area contributed by atoms with E-state index < -0.39 is 10.0 Å². The average molecular weight is 361 g/mol. The number of aromatic amines is 1. The second-order valence-corrected chi connectivity index (χ2v) is 8.90. The number of H-pyrrole nitrogens is 1. The van der Waals surface area contributed by atoms with Gasteiger partial charge in [-0.05, 0) is 42.3 Å². The Morgan fingerprint density at radius 3 is 2.71 bits per heavy atom. The maximum Gasteiger partial charge on any atom is 0.242 e. The molecule has 0 bridgehead atoms. The third-order valence-electron chi connectivity index (χ3n) is 3.67. The lowest BCUT2D eigenvalue weighted by molar-refractivity contribution is 0.520. The number of nitrogens with zero attached hydrogens (tertiary/aromatic N) is 2. The van der Waals surface area contributed by atoms with Crippen molar-refractivity contribution in [3.05, 3.63) is 53.6 Å². The maximum absolute atomic E-state index is 12.2. The first-order chi connectivity index (χ1) is 11.4. The van der Waals surface area contributed by atoms with Gasteiger partial charge in [-0.1, -0.05) is 30.0 Å². The first kappa shape index (κ1) is 17.0. The molecule has 1 heterocycles. The zero-order chi connectivity index (χ0) is 17.3. The molecule has 2 aromatic carbocycles. The van der Waals surface area contributed by atoms with Crippen molar-refractivity contribution < 1.29 is 8.42 Å². The molecule has 3 rings (SSSR count). The van der Waals surface area contributed by atoms with Gasteiger partial charge in [0.25, 0.3) is 0 Å². The number of hydrogen-bond donors (Lipinski definition) is 1. The van der Waals surface area contributed by atoms with Crippen LogP contribution in [-0.4, -0.2) is 36.8 Å². The third kappa shape index (κ3) is 3.48. The van der Waals surface area contributed by atoms with Crippen molar-refractivity contribution in [2.24, 2.45) is 0 Å². The van der Waals surface area contributed by atoms with Crippen LogP contribution in [0.1, 0.15) is 11.1 Å². The van der Waals surface area contributed by atoms with Gasteiger partial charge in [-0.3, -0.25) is 0 Å². The van der Waals surface area contributed by atoms with Crippen LogP contribution < -0.4 is 0 Å². The second kappa shape index (κ2) is 6.58. The lowest BCUT2D eigenvalue weighted by atomic mass is 10.2. The predicted octanol–water partition coefficient (Wildman–Crippen LogP) is 3.41. The van der Waals surface area contributed by atoms with Crippen molar-refractivity contribution in [3.63, 3.8) is 0 Å². The molecule has 0 amide bonds. The Hall–Kier alpha value is -1.83. The van der Waals surface area contributed by atoms with E-state index in [2.05, 4.69) is 16.0 Å². The second-order valence-electron chi connectivity index (χ2n) is 5.79. The van der Waals surface area contributed by atoms with E-state index >= 15 is 0 Å². The molecule has 3 aromatic rings.